The summed E-state index contributed by atoms with van der Waals surface area (Å²) in [5.41, 5.74) is 2.59. The van der Waals surface area contributed by atoms with E-state index in [1.807, 2.05) is 19.2 Å². The molecule has 0 aliphatic carbocycles. The number of hydrogen-bond acceptors (Lipinski definition) is 3. The Kier molecular flexibility index (Phi) is 17.8. The molecule has 0 N–H and O–H groups in total. The molecular formula is C45H98O3Si12. The average molecular weight is 1020 g/mol. The number of benzene rings is 2. The molecule has 3 nitrogen and oxygen atoms in total. The second kappa shape index (κ2) is 18.9. The number of esters is 1. The maximum Gasteiger partial charge on any atom is 0.308 e. The lowest BCUT2D eigenvalue weighted by molar-refractivity contribution is -0.131. The van der Waals surface area contributed by atoms with Crippen molar-refractivity contribution < 1.29 is 14.3 Å². The predicted octanol–water partition coefficient (Wildman–Crippen LogP) is 14.5. The lowest BCUT2D eigenvalue weighted by atomic mass is 10.1. The van der Waals surface area contributed by atoms with Crippen molar-refractivity contribution in [3.05, 3.63) is 59.7 Å². The van der Waals surface area contributed by atoms with Gasteiger partial charge in [-0.1, -0.05) is 218 Å². The maximum absolute atomic E-state index is 11.9. The highest BCUT2D eigenvalue weighted by Gasteiger charge is 2.73. The summed E-state index contributed by atoms with van der Waals surface area (Å²) in [4.78, 5) is 11.9. The van der Waals surface area contributed by atoms with E-state index in [1.165, 1.54) is 43.0 Å². The molecule has 0 aliphatic rings. The van der Waals surface area contributed by atoms with Crippen LogP contribution in [-0.4, -0.2) is 99.4 Å². The Labute approximate surface area is 383 Å². The summed E-state index contributed by atoms with van der Waals surface area (Å²) >= 11 is 0. The lowest BCUT2D eigenvalue weighted by Crippen LogP contribution is -2.96. The number of rotatable bonds is 21. The topological polar surface area (TPSA) is 35.5 Å². The average Bonchev–Trinajstić information content (AvgIpc) is 3.11. The SMILES string of the molecule is COc1ccccc1CCC[Si](C)(C)[Si](C)(C)[Si](C)(C)[Si](C)(C)[Si](C)(C)[Si](C)(C)[Si](C)(C)[Si](C)(C)[Si](C)(C)[Si](C)(C)[Si](C)(C)[Si](C)(C)CCCc1ccccc1OC(C)=O. The Morgan fingerprint density at radius 3 is 0.933 bits per heavy atom. The van der Waals surface area contributed by atoms with Gasteiger partial charge in [-0.15, -0.1) is 0 Å². The van der Waals surface area contributed by atoms with Crippen LogP contribution in [0.25, 0.3) is 0 Å². The van der Waals surface area contributed by atoms with Gasteiger partial charge in [-0.2, -0.15) is 0 Å². The van der Waals surface area contributed by atoms with E-state index >= 15 is 0 Å². The van der Waals surface area contributed by atoms with Crippen LogP contribution in [0.4, 0.5) is 0 Å². The van der Waals surface area contributed by atoms with Gasteiger partial charge in [-0.25, -0.2) is 0 Å². The molecule has 2 aromatic rings. The van der Waals surface area contributed by atoms with Crippen molar-refractivity contribution in [2.24, 2.45) is 0 Å². The number of hydrogen-bond donors (Lipinski definition) is 0. The number of methoxy groups -OCH3 is 1. The second-order valence-electron chi connectivity index (χ2n) is 25.7. The molecule has 2 rings (SSSR count). The Hall–Kier alpha value is 0.313. The Morgan fingerprint density at radius 2 is 0.650 bits per heavy atom. The molecule has 0 saturated heterocycles. The van der Waals surface area contributed by atoms with Crippen molar-refractivity contribution >= 4 is 92.2 Å². The highest BCUT2D eigenvalue weighted by molar-refractivity contribution is 8.09. The van der Waals surface area contributed by atoms with Crippen LogP contribution >= 0.6 is 0 Å². The molecular weight excluding hydrogens is 926 g/mol. The van der Waals surface area contributed by atoms with Gasteiger partial charge in [0, 0.05) is 93.2 Å². The van der Waals surface area contributed by atoms with Crippen LogP contribution in [0.1, 0.15) is 30.9 Å². The van der Waals surface area contributed by atoms with E-state index in [4.69, 9.17) is 9.47 Å². The summed E-state index contributed by atoms with van der Waals surface area (Å²) in [6, 6.07) is 19.8. The summed E-state index contributed by atoms with van der Waals surface area (Å²) < 4.78 is 11.4. The molecule has 15 heteroatoms. The van der Waals surface area contributed by atoms with Crippen molar-refractivity contribution in [1.82, 2.24) is 0 Å². The fraction of sp³-hybridized carbons (Fsp3) is 0.711. The van der Waals surface area contributed by atoms with Crippen molar-refractivity contribution in [2.75, 3.05) is 7.11 Å². The highest BCUT2D eigenvalue weighted by Crippen LogP contribution is 2.50. The van der Waals surface area contributed by atoms with Crippen LogP contribution in [0.15, 0.2) is 48.5 Å². The molecule has 0 saturated carbocycles. The molecule has 0 heterocycles. The molecule has 0 unspecified atom stereocenters. The van der Waals surface area contributed by atoms with Gasteiger partial charge in [0.2, 0.25) is 0 Å². The predicted molar refractivity (Wildman–Crippen MR) is 307 cm³/mol. The maximum atomic E-state index is 11.9. The molecule has 0 amide bonds. The zero-order valence-electron chi connectivity index (χ0n) is 44.6. The molecule has 0 spiro atoms. The minimum absolute atomic E-state index is 0.221. The second-order valence-corrected chi connectivity index (χ2v) is 165. The third kappa shape index (κ3) is 9.59. The molecule has 2 aromatic carbocycles. The lowest BCUT2D eigenvalue weighted by Gasteiger charge is -2.69. The van der Waals surface area contributed by atoms with Crippen molar-refractivity contribution in [3.63, 3.8) is 0 Å². The van der Waals surface area contributed by atoms with Gasteiger partial charge < -0.3 is 9.47 Å². The first-order valence-corrected chi connectivity index (χ1v) is 71.0. The molecule has 0 bridgehead atoms. The van der Waals surface area contributed by atoms with Crippen LogP contribution < -0.4 is 9.47 Å². The van der Waals surface area contributed by atoms with Gasteiger partial charge in [0.15, 0.2) is 0 Å². The van der Waals surface area contributed by atoms with Crippen molar-refractivity contribution in [1.29, 1.82) is 0 Å². The number of carbonyl (C=O) groups is 1. The largest absolute Gasteiger partial charge is 0.496 e. The molecule has 0 aliphatic heterocycles. The van der Waals surface area contributed by atoms with Gasteiger partial charge in [0.05, 0.1) is 7.11 Å². The molecule has 0 atom stereocenters. The Bertz CT molecular complexity index is 1790. The van der Waals surface area contributed by atoms with Gasteiger partial charge in [-0.05, 0) is 36.1 Å². The van der Waals surface area contributed by atoms with E-state index in [0.29, 0.717) is 0 Å². The van der Waals surface area contributed by atoms with Crippen LogP contribution in [-0.2, 0) is 17.6 Å². The van der Waals surface area contributed by atoms with E-state index in [1.54, 1.807) is 0 Å². The fourth-order valence-electron chi connectivity index (χ4n) is 11.9. The van der Waals surface area contributed by atoms with Crippen LogP contribution in [0.5, 0.6) is 11.5 Å². The monoisotopic (exact) mass is 1020 g/mol. The van der Waals surface area contributed by atoms with E-state index < -0.39 is 86.3 Å². The standard InChI is InChI=1S/C45H98O3Si12/c1-41(46)48-45-38-30-28-34-43(45)36-32-40-50(5,6)52(9,10)54(13,14)56(17,18)58(21,22)60(25,26)59(23,24)57(19,20)55(15,16)53(11,12)51(7,8)49(3,4)39-31-35-42-33-27-29-37-44(42)47-2/h27-30,33-34,37-38H,31-32,35-36,39-40H2,1-26H3. The third-order valence-corrected chi connectivity index (χ3v) is 300. The van der Waals surface area contributed by atoms with E-state index in [-0.39, 0.29) is 5.97 Å². The number of para-hydroxylation sites is 2. The summed E-state index contributed by atoms with van der Waals surface area (Å²) in [6.07, 6.45) is 4.68. The van der Waals surface area contributed by atoms with Crippen LogP contribution in [0, 0.1) is 0 Å². The zero-order valence-corrected chi connectivity index (χ0v) is 56.6. The molecule has 60 heavy (non-hydrogen) atoms. The highest BCUT2D eigenvalue weighted by atomic mass is 30.1. The first-order chi connectivity index (χ1) is 26.7. The van der Waals surface area contributed by atoms with Crippen LogP contribution in [0.2, 0.25) is 169 Å². The van der Waals surface area contributed by atoms with E-state index in [9.17, 15) is 4.79 Å². The van der Waals surface area contributed by atoms with Crippen molar-refractivity contribution in [2.45, 2.75) is 202 Å². The molecule has 344 valence electrons. The van der Waals surface area contributed by atoms with Gasteiger partial charge in [-0.3, -0.25) is 4.79 Å². The molecule has 0 radical (unpaired) electrons. The quantitative estimate of drug-likeness (QED) is 0.0710. The van der Waals surface area contributed by atoms with Crippen molar-refractivity contribution in [3.8, 4) is 11.5 Å². The molecule has 0 fully saturated rings. The third-order valence-electron chi connectivity index (χ3n) is 22.4. The normalized spacial score (nSPS) is 15.0. The molecule has 0 aromatic heterocycles. The first kappa shape index (κ1) is 56.4. The fourth-order valence-corrected chi connectivity index (χ4v) is 409. The summed E-state index contributed by atoms with van der Waals surface area (Å²) in [6.45, 7) is 72.7. The van der Waals surface area contributed by atoms with Gasteiger partial charge in [0.25, 0.3) is 0 Å². The van der Waals surface area contributed by atoms with E-state index in [0.717, 1.165) is 24.3 Å². The summed E-state index contributed by atoms with van der Waals surface area (Å²) in [5.74, 6) is 1.61. The smallest absolute Gasteiger partial charge is 0.308 e. The number of ether oxygens (including phenoxy) is 2. The Morgan fingerprint density at radius 1 is 0.400 bits per heavy atom. The number of carbonyl (C=O) groups excluding carboxylic acids is 1. The summed E-state index contributed by atoms with van der Waals surface area (Å²) in [7, 11) is -17.0. The van der Waals surface area contributed by atoms with E-state index in [2.05, 4.69) is 194 Å². The number of aryl methyl sites for hydroxylation is 2. The minimum Gasteiger partial charge on any atom is -0.496 e. The first-order valence-electron chi connectivity index (χ1n) is 23.5. The minimum atomic E-state index is -1.62. The van der Waals surface area contributed by atoms with Gasteiger partial charge >= 0.3 is 5.97 Å². The zero-order chi connectivity index (χ0) is 47.2. The summed E-state index contributed by atoms with van der Waals surface area (Å²) in [5, 5.41) is 0. The van der Waals surface area contributed by atoms with Crippen LogP contribution in [0.3, 0.4) is 0 Å². The van der Waals surface area contributed by atoms with Gasteiger partial charge in [0.1, 0.15) is 11.5 Å². The Balaban J connectivity index is 2.51.